The van der Waals surface area contributed by atoms with Crippen LogP contribution in [0.4, 0.5) is 0 Å². The number of carbonyl (C=O) groups excluding carboxylic acids is 2. The highest BCUT2D eigenvalue weighted by Crippen LogP contribution is 2.18. The van der Waals surface area contributed by atoms with Crippen LogP contribution in [0.15, 0.2) is 28.8 Å². The summed E-state index contributed by atoms with van der Waals surface area (Å²) in [4.78, 5) is 24.3. The molecular weight excluding hydrogens is 424 g/mol. The highest BCUT2D eigenvalue weighted by molar-refractivity contribution is 7.91. The fourth-order valence-electron chi connectivity index (χ4n) is 3.25. The number of aromatic nitrogens is 1. The molecule has 2 aromatic rings. The van der Waals surface area contributed by atoms with Crippen LogP contribution in [0.3, 0.4) is 0 Å². The smallest absolute Gasteiger partial charge is 0.311 e. The third kappa shape index (κ3) is 6.30. The van der Waals surface area contributed by atoms with Crippen LogP contribution in [0.5, 0.6) is 5.75 Å². The molecule has 0 spiro atoms. The van der Waals surface area contributed by atoms with Crippen LogP contribution in [0.25, 0.3) is 0 Å². The van der Waals surface area contributed by atoms with E-state index in [4.69, 9.17) is 14.0 Å². The third-order valence-electron chi connectivity index (χ3n) is 5.09. The number of carbonyl (C=O) groups is 2. The largest absolute Gasteiger partial charge is 0.489 e. The summed E-state index contributed by atoms with van der Waals surface area (Å²) >= 11 is 0. The van der Waals surface area contributed by atoms with Gasteiger partial charge >= 0.3 is 5.97 Å². The molecule has 9 nitrogen and oxygen atoms in total. The number of esters is 1. The Morgan fingerprint density at radius 3 is 2.55 bits per heavy atom. The lowest BCUT2D eigenvalue weighted by Crippen LogP contribution is -2.42. The monoisotopic (exact) mass is 450 g/mol. The van der Waals surface area contributed by atoms with E-state index in [1.165, 1.54) is 6.92 Å². The third-order valence-corrected chi connectivity index (χ3v) is 6.86. The lowest BCUT2D eigenvalue weighted by Gasteiger charge is -2.16. The van der Waals surface area contributed by atoms with Crippen molar-refractivity contribution in [2.75, 3.05) is 11.5 Å². The van der Waals surface area contributed by atoms with Gasteiger partial charge in [0.15, 0.2) is 15.9 Å². The van der Waals surface area contributed by atoms with Crippen LogP contribution >= 0.6 is 0 Å². The maximum Gasteiger partial charge on any atom is 0.311 e. The van der Waals surface area contributed by atoms with E-state index in [2.05, 4.69) is 10.5 Å². The molecule has 1 amide bonds. The summed E-state index contributed by atoms with van der Waals surface area (Å²) in [6.07, 6.45) is -0.632. The van der Waals surface area contributed by atoms with Gasteiger partial charge in [-0.1, -0.05) is 17.3 Å². The Morgan fingerprint density at radius 1 is 1.26 bits per heavy atom. The van der Waals surface area contributed by atoms with Crippen LogP contribution in [0.2, 0.25) is 0 Å². The fraction of sp³-hybridized carbons (Fsp3) is 0.476. The van der Waals surface area contributed by atoms with Gasteiger partial charge in [-0.25, -0.2) is 8.42 Å². The second-order valence-corrected chi connectivity index (χ2v) is 9.88. The standard InChI is InChI=1S/C21H26N2O7S/c1-13-19(14(2)30-23-13)11-28-18-6-4-16(5-7-18)10-20(24)29-15(3)21(25)22-17-8-9-31(26,27)12-17/h4-7,15,17H,8-12H2,1-3H3,(H,22,25). The van der Waals surface area contributed by atoms with Gasteiger partial charge in [-0.2, -0.15) is 0 Å². The molecule has 10 heteroatoms. The number of ether oxygens (including phenoxy) is 2. The average molecular weight is 451 g/mol. The van der Waals surface area contributed by atoms with Gasteiger partial charge < -0.3 is 19.3 Å². The van der Waals surface area contributed by atoms with E-state index in [0.29, 0.717) is 30.1 Å². The zero-order chi connectivity index (χ0) is 22.6. The Balaban J connectivity index is 1.45. The van der Waals surface area contributed by atoms with Gasteiger partial charge in [0.1, 0.15) is 18.1 Å². The average Bonchev–Trinajstić information content (AvgIpc) is 3.21. The number of amides is 1. The van der Waals surface area contributed by atoms with Crippen molar-refractivity contribution in [2.45, 2.75) is 52.4 Å². The highest BCUT2D eigenvalue weighted by Gasteiger charge is 2.30. The number of benzene rings is 1. The number of nitrogens with zero attached hydrogens (tertiary/aromatic N) is 1. The minimum Gasteiger partial charge on any atom is -0.489 e. The second kappa shape index (κ2) is 9.51. The first kappa shape index (κ1) is 22.8. The first-order valence-corrected chi connectivity index (χ1v) is 11.8. The van der Waals surface area contributed by atoms with E-state index in [9.17, 15) is 18.0 Å². The first-order valence-electron chi connectivity index (χ1n) is 9.97. The Morgan fingerprint density at radius 2 is 1.97 bits per heavy atom. The molecule has 0 bridgehead atoms. The zero-order valence-corrected chi connectivity index (χ0v) is 18.5. The van der Waals surface area contributed by atoms with E-state index in [1.54, 1.807) is 24.3 Å². The molecule has 1 aliphatic rings. The lowest BCUT2D eigenvalue weighted by atomic mass is 10.1. The molecule has 1 aliphatic heterocycles. The summed E-state index contributed by atoms with van der Waals surface area (Å²) in [6.45, 7) is 5.46. The predicted molar refractivity (Wildman–Crippen MR) is 111 cm³/mol. The van der Waals surface area contributed by atoms with Crippen molar-refractivity contribution in [1.82, 2.24) is 10.5 Å². The van der Waals surface area contributed by atoms with E-state index in [-0.39, 0.29) is 17.9 Å². The summed E-state index contributed by atoms with van der Waals surface area (Å²) in [5.74, 6) is 0.277. The number of aryl methyl sites for hydroxylation is 2. The van der Waals surface area contributed by atoms with Gasteiger partial charge in [-0.3, -0.25) is 9.59 Å². The second-order valence-electron chi connectivity index (χ2n) is 7.65. The van der Waals surface area contributed by atoms with Gasteiger partial charge in [0.2, 0.25) is 0 Å². The van der Waals surface area contributed by atoms with Gasteiger partial charge in [0.05, 0.1) is 29.2 Å². The maximum atomic E-state index is 12.2. The van der Waals surface area contributed by atoms with Crippen LogP contribution < -0.4 is 10.1 Å². The Labute approximate surface area is 181 Å². The molecule has 0 aliphatic carbocycles. The van der Waals surface area contributed by atoms with Crippen molar-refractivity contribution < 1.29 is 32.0 Å². The number of hydrogen-bond donors (Lipinski definition) is 1. The lowest BCUT2D eigenvalue weighted by molar-refractivity contribution is -0.154. The molecule has 2 heterocycles. The van der Waals surface area contributed by atoms with E-state index in [0.717, 1.165) is 11.3 Å². The van der Waals surface area contributed by atoms with Gasteiger partial charge in [0, 0.05) is 6.04 Å². The summed E-state index contributed by atoms with van der Waals surface area (Å²) in [6, 6.07) is 6.56. The molecule has 1 aromatic heterocycles. The molecule has 168 valence electrons. The van der Waals surface area contributed by atoms with Crippen molar-refractivity contribution in [1.29, 1.82) is 0 Å². The summed E-state index contributed by atoms with van der Waals surface area (Å²) in [7, 11) is -3.10. The number of hydrogen-bond acceptors (Lipinski definition) is 8. The minimum atomic E-state index is -3.10. The fourth-order valence-corrected chi connectivity index (χ4v) is 4.93. The molecule has 2 atom stereocenters. The molecule has 0 radical (unpaired) electrons. The topological polar surface area (TPSA) is 125 Å². The molecule has 1 aromatic carbocycles. The molecule has 2 unspecified atom stereocenters. The summed E-state index contributed by atoms with van der Waals surface area (Å²) < 4.78 is 39.0. The Kier molecular flexibility index (Phi) is 6.99. The first-order chi connectivity index (χ1) is 14.6. The normalized spacial score (nSPS) is 18.4. The molecular formula is C21H26N2O7S. The summed E-state index contributed by atoms with van der Waals surface area (Å²) in [5, 5.41) is 6.51. The Bertz CT molecular complexity index is 1020. The summed E-state index contributed by atoms with van der Waals surface area (Å²) in [5.41, 5.74) is 2.39. The van der Waals surface area contributed by atoms with Crippen molar-refractivity contribution in [3.8, 4) is 5.75 Å². The van der Waals surface area contributed by atoms with Crippen molar-refractivity contribution in [3.63, 3.8) is 0 Å². The maximum absolute atomic E-state index is 12.2. The minimum absolute atomic E-state index is 0.000422. The quantitative estimate of drug-likeness (QED) is 0.602. The van der Waals surface area contributed by atoms with Crippen molar-refractivity contribution in [3.05, 3.63) is 46.8 Å². The van der Waals surface area contributed by atoms with Crippen LogP contribution in [0, 0.1) is 13.8 Å². The Hall–Kier alpha value is -2.88. The van der Waals surface area contributed by atoms with E-state index >= 15 is 0 Å². The van der Waals surface area contributed by atoms with Crippen LogP contribution in [-0.2, 0) is 37.2 Å². The van der Waals surface area contributed by atoms with Gasteiger partial charge in [-0.15, -0.1) is 0 Å². The molecule has 1 N–H and O–H groups in total. The molecule has 0 saturated carbocycles. The molecule has 1 fully saturated rings. The SMILES string of the molecule is Cc1noc(C)c1COc1ccc(CC(=O)OC(C)C(=O)NC2CCS(=O)(=O)C2)cc1. The van der Waals surface area contributed by atoms with Gasteiger partial charge in [-0.05, 0) is 44.9 Å². The van der Waals surface area contributed by atoms with E-state index in [1.807, 2.05) is 13.8 Å². The number of nitrogens with one attached hydrogen (secondary N) is 1. The van der Waals surface area contributed by atoms with Gasteiger partial charge in [0.25, 0.3) is 5.91 Å². The highest BCUT2D eigenvalue weighted by atomic mass is 32.2. The molecule has 31 heavy (non-hydrogen) atoms. The number of sulfone groups is 1. The van der Waals surface area contributed by atoms with Crippen LogP contribution in [0.1, 0.15) is 35.9 Å². The number of rotatable bonds is 8. The van der Waals surface area contributed by atoms with E-state index < -0.39 is 33.9 Å². The molecule has 1 saturated heterocycles. The van der Waals surface area contributed by atoms with Crippen LogP contribution in [-0.4, -0.2) is 49.1 Å². The van der Waals surface area contributed by atoms with Crippen molar-refractivity contribution in [2.24, 2.45) is 0 Å². The van der Waals surface area contributed by atoms with Crippen molar-refractivity contribution >= 4 is 21.7 Å². The molecule has 3 rings (SSSR count). The predicted octanol–water partition coefficient (Wildman–Crippen LogP) is 1.65. The zero-order valence-electron chi connectivity index (χ0n) is 17.7.